The van der Waals surface area contributed by atoms with Gasteiger partial charge in [0, 0.05) is 10.8 Å². The summed E-state index contributed by atoms with van der Waals surface area (Å²) < 4.78 is 0. The van der Waals surface area contributed by atoms with Crippen molar-refractivity contribution in [3.05, 3.63) is 60.7 Å². The molecule has 0 saturated heterocycles. The Bertz CT molecular complexity index is 1180. The van der Waals surface area contributed by atoms with Gasteiger partial charge in [-0.05, 0) is 22.9 Å². The number of hydrogen-bond acceptors (Lipinski definition) is 4. The van der Waals surface area contributed by atoms with Crippen LogP contribution in [0.4, 0.5) is 11.4 Å². The normalized spacial score (nSPS) is 11.7. The topological polar surface area (TPSA) is 77.8 Å². The molecule has 0 amide bonds. The molecule has 1 aromatic heterocycles. The lowest BCUT2D eigenvalue weighted by Crippen LogP contribution is -1.97. The molecule has 0 unspecified atom stereocenters. The third kappa shape index (κ3) is 1.68. The first-order chi connectivity index (χ1) is 11.7. The number of rotatable bonds is 0. The summed E-state index contributed by atoms with van der Waals surface area (Å²) in [4.78, 5) is 9.72. The van der Waals surface area contributed by atoms with E-state index in [0.717, 1.165) is 32.8 Å². The number of anilines is 2. The maximum Gasteiger partial charge on any atom is 0.0979 e. The van der Waals surface area contributed by atoms with Crippen molar-refractivity contribution in [1.29, 1.82) is 0 Å². The van der Waals surface area contributed by atoms with Gasteiger partial charge in [-0.25, -0.2) is 9.97 Å². The molecule has 0 bridgehead atoms. The summed E-state index contributed by atoms with van der Waals surface area (Å²) in [6, 6.07) is 20.2. The number of nitrogen functional groups attached to an aromatic ring is 2. The minimum Gasteiger partial charge on any atom is -0.397 e. The Morgan fingerprint density at radius 1 is 0.542 bits per heavy atom. The summed E-state index contributed by atoms with van der Waals surface area (Å²) in [5.74, 6) is 0. The number of aromatic nitrogens is 2. The Kier molecular flexibility index (Phi) is 2.48. The van der Waals surface area contributed by atoms with Gasteiger partial charge in [-0.1, -0.05) is 48.5 Å². The fourth-order valence-corrected chi connectivity index (χ4v) is 3.36. The first kappa shape index (κ1) is 13.1. The summed E-state index contributed by atoms with van der Waals surface area (Å²) in [5.41, 5.74) is 16.2. The van der Waals surface area contributed by atoms with Gasteiger partial charge in [-0.3, -0.25) is 0 Å². The molecule has 5 aromatic rings. The average Bonchev–Trinajstić information content (AvgIpc) is 2.62. The van der Waals surface area contributed by atoms with Crippen LogP contribution in [0.3, 0.4) is 0 Å². The molecule has 4 nitrogen and oxygen atoms in total. The van der Waals surface area contributed by atoms with Gasteiger partial charge in [0.25, 0.3) is 0 Å². The van der Waals surface area contributed by atoms with Crippen molar-refractivity contribution in [2.45, 2.75) is 0 Å². The highest BCUT2D eigenvalue weighted by Crippen LogP contribution is 2.34. The standard InChI is InChI=1S/C20H14N4/c21-15-9-17-18(10-16(15)22)24-20-14-8-4-2-6-12(14)11-5-1-3-7-13(11)19(20)23-17/h1-10H,21-22H2. The maximum absolute atomic E-state index is 5.94. The van der Waals surface area contributed by atoms with Crippen molar-refractivity contribution in [2.75, 3.05) is 11.5 Å². The van der Waals surface area contributed by atoms with Crippen molar-refractivity contribution in [2.24, 2.45) is 0 Å². The Morgan fingerprint density at radius 2 is 0.917 bits per heavy atom. The molecule has 0 spiro atoms. The molecule has 0 atom stereocenters. The molecular weight excluding hydrogens is 296 g/mol. The second-order valence-corrected chi connectivity index (χ2v) is 5.98. The molecule has 0 saturated carbocycles. The molecule has 4 aromatic carbocycles. The zero-order valence-electron chi connectivity index (χ0n) is 12.8. The summed E-state index contributed by atoms with van der Waals surface area (Å²) in [6.07, 6.45) is 0. The van der Waals surface area contributed by atoms with E-state index < -0.39 is 0 Å². The van der Waals surface area contributed by atoms with Crippen molar-refractivity contribution in [3.8, 4) is 0 Å². The second kappa shape index (κ2) is 4.55. The zero-order chi connectivity index (χ0) is 16.3. The van der Waals surface area contributed by atoms with Crippen LogP contribution >= 0.6 is 0 Å². The van der Waals surface area contributed by atoms with Gasteiger partial charge < -0.3 is 11.5 Å². The summed E-state index contributed by atoms with van der Waals surface area (Å²) in [5, 5.41) is 4.54. The second-order valence-electron chi connectivity index (χ2n) is 5.98. The van der Waals surface area contributed by atoms with Crippen LogP contribution in [0.1, 0.15) is 0 Å². The van der Waals surface area contributed by atoms with Crippen molar-refractivity contribution < 1.29 is 0 Å². The van der Waals surface area contributed by atoms with Gasteiger partial charge in [0.2, 0.25) is 0 Å². The van der Waals surface area contributed by atoms with Crippen LogP contribution in [0.15, 0.2) is 60.7 Å². The predicted octanol–water partition coefficient (Wildman–Crippen LogP) is 4.25. The Labute approximate surface area is 137 Å². The van der Waals surface area contributed by atoms with Gasteiger partial charge in [-0.15, -0.1) is 0 Å². The number of nitrogens with zero attached hydrogens (tertiary/aromatic N) is 2. The number of hydrogen-bond donors (Lipinski definition) is 2. The van der Waals surface area contributed by atoms with E-state index in [1.54, 1.807) is 12.1 Å². The molecule has 5 rings (SSSR count). The Hall–Kier alpha value is -3.40. The van der Waals surface area contributed by atoms with Crippen LogP contribution in [-0.4, -0.2) is 9.97 Å². The van der Waals surface area contributed by atoms with Crippen LogP contribution in [0.5, 0.6) is 0 Å². The van der Waals surface area contributed by atoms with Gasteiger partial charge >= 0.3 is 0 Å². The smallest absolute Gasteiger partial charge is 0.0979 e. The van der Waals surface area contributed by atoms with E-state index in [1.807, 2.05) is 24.3 Å². The molecule has 114 valence electrons. The third-order valence-corrected chi connectivity index (χ3v) is 4.52. The Balaban J connectivity index is 2.11. The first-order valence-electron chi connectivity index (χ1n) is 7.78. The van der Waals surface area contributed by atoms with Gasteiger partial charge in [0.15, 0.2) is 0 Å². The van der Waals surface area contributed by atoms with Crippen LogP contribution < -0.4 is 11.5 Å². The van der Waals surface area contributed by atoms with E-state index in [0.29, 0.717) is 11.4 Å². The SMILES string of the molecule is Nc1cc2nc3c4ccccc4c4ccccc4c3nc2cc1N. The first-order valence-corrected chi connectivity index (χ1v) is 7.78. The maximum atomic E-state index is 5.94. The van der Waals surface area contributed by atoms with Crippen LogP contribution in [0, 0.1) is 0 Å². The van der Waals surface area contributed by atoms with Crippen molar-refractivity contribution >= 4 is 55.0 Å². The van der Waals surface area contributed by atoms with Crippen LogP contribution in [0.2, 0.25) is 0 Å². The lowest BCUT2D eigenvalue weighted by Gasteiger charge is -2.10. The molecular formula is C20H14N4. The highest BCUT2D eigenvalue weighted by atomic mass is 14.8. The van der Waals surface area contributed by atoms with E-state index >= 15 is 0 Å². The molecule has 24 heavy (non-hydrogen) atoms. The van der Waals surface area contributed by atoms with Gasteiger partial charge in [0.05, 0.1) is 33.4 Å². The molecule has 0 fully saturated rings. The summed E-state index contributed by atoms with van der Waals surface area (Å²) in [6.45, 7) is 0. The number of fused-ring (bicyclic) bond motifs is 7. The van der Waals surface area contributed by atoms with E-state index in [4.69, 9.17) is 21.4 Å². The van der Waals surface area contributed by atoms with Gasteiger partial charge in [0.1, 0.15) is 0 Å². The van der Waals surface area contributed by atoms with Crippen LogP contribution in [0.25, 0.3) is 43.6 Å². The van der Waals surface area contributed by atoms with E-state index in [2.05, 4.69) is 24.3 Å². The zero-order valence-corrected chi connectivity index (χ0v) is 12.8. The molecule has 4 N–H and O–H groups in total. The van der Waals surface area contributed by atoms with Gasteiger partial charge in [-0.2, -0.15) is 0 Å². The molecule has 0 radical (unpaired) electrons. The minimum absolute atomic E-state index is 0.529. The van der Waals surface area contributed by atoms with E-state index in [-0.39, 0.29) is 0 Å². The molecule has 0 aliphatic carbocycles. The van der Waals surface area contributed by atoms with Crippen molar-refractivity contribution in [1.82, 2.24) is 9.97 Å². The Morgan fingerprint density at radius 3 is 1.33 bits per heavy atom. The largest absolute Gasteiger partial charge is 0.397 e. The minimum atomic E-state index is 0.529. The van der Waals surface area contributed by atoms with Crippen LogP contribution in [-0.2, 0) is 0 Å². The highest BCUT2D eigenvalue weighted by molar-refractivity contribution is 6.23. The fraction of sp³-hybridized carbons (Fsp3) is 0. The number of nitrogens with two attached hydrogens (primary N) is 2. The summed E-state index contributed by atoms with van der Waals surface area (Å²) >= 11 is 0. The number of benzene rings is 4. The highest BCUT2D eigenvalue weighted by Gasteiger charge is 2.12. The third-order valence-electron chi connectivity index (χ3n) is 4.52. The average molecular weight is 310 g/mol. The quantitative estimate of drug-likeness (QED) is 0.254. The molecule has 1 heterocycles. The monoisotopic (exact) mass is 310 g/mol. The predicted molar refractivity (Wildman–Crippen MR) is 101 cm³/mol. The molecule has 0 aliphatic rings. The summed E-state index contributed by atoms with van der Waals surface area (Å²) in [7, 11) is 0. The van der Waals surface area contributed by atoms with Crippen molar-refractivity contribution in [3.63, 3.8) is 0 Å². The molecule has 0 aliphatic heterocycles. The van der Waals surface area contributed by atoms with E-state index in [1.165, 1.54) is 10.8 Å². The fourth-order valence-electron chi connectivity index (χ4n) is 3.36. The van der Waals surface area contributed by atoms with E-state index in [9.17, 15) is 0 Å². The lowest BCUT2D eigenvalue weighted by atomic mass is 9.99. The molecule has 4 heteroatoms. The lowest BCUT2D eigenvalue weighted by molar-refractivity contribution is 1.42.